The molecule has 0 unspecified atom stereocenters. The molecule has 3 heterocycles. The second kappa shape index (κ2) is 4.06. The molecule has 0 aliphatic carbocycles. The Labute approximate surface area is 102 Å². The lowest BCUT2D eigenvalue weighted by Gasteiger charge is -1.97. The summed E-state index contributed by atoms with van der Waals surface area (Å²) in [5.41, 5.74) is 2.52. The van der Waals surface area contributed by atoms with Crippen LogP contribution >= 0.6 is 0 Å². The van der Waals surface area contributed by atoms with Crippen molar-refractivity contribution in [3.8, 4) is 22.8 Å². The van der Waals surface area contributed by atoms with Crippen LogP contribution in [0, 0.1) is 12.7 Å². The highest BCUT2D eigenvalue weighted by Crippen LogP contribution is 2.22. The number of nitrogens with zero attached hydrogens (tertiary/aromatic N) is 3. The van der Waals surface area contributed by atoms with Crippen LogP contribution in [0.15, 0.2) is 35.3 Å². The second-order valence-corrected chi connectivity index (χ2v) is 3.81. The van der Waals surface area contributed by atoms with Crippen molar-refractivity contribution in [2.24, 2.45) is 0 Å². The van der Waals surface area contributed by atoms with E-state index in [-0.39, 0.29) is 0 Å². The van der Waals surface area contributed by atoms with Crippen molar-refractivity contribution in [3.05, 3.63) is 42.4 Å². The molecule has 90 valence electrons. The van der Waals surface area contributed by atoms with Crippen LogP contribution < -0.4 is 0 Å². The smallest absolute Gasteiger partial charge is 0.177 e. The Balaban J connectivity index is 2.00. The van der Waals surface area contributed by atoms with E-state index in [4.69, 9.17) is 4.42 Å². The summed E-state index contributed by atoms with van der Waals surface area (Å²) in [6, 6.07) is 3.59. The average Bonchev–Trinajstić information content (AvgIpc) is 3.01. The van der Waals surface area contributed by atoms with Crippen molar-refractivity contribution in [2.75, 3.05) is 0 Å². The second-order valence-electron chi connectivity index (χ2n) is 3.81. The predicted octanol–water partition coefficient (Wildman–Crippen LogP) is 2.57. The zero-order valence-corrected chi connectivity index (χ0v) is 9.51. The molecule has 18 heavy (non-hydrogen) atoms. The molecular formula is C12H9FN4O. The maximum Gasteiger partial charge on any atom is 0.177 e. The van der Waals surface area contributed by atoms with Crippen LogP contribution in [0.1, 0.15) is 5.69 Å². The van der Waals surface area contributed by atoms with Crippen LogP contribution in [-0.4, -0.2) is 20.2 Å². The third-order valence-electron chi connectivity index (χ3n) is 2.56. The van der Waals surface area contributed by atoms with E-state index in [1.165, 1.54) is 0 Å². The van der Waals surface area contributed by atoms with Gasteiger partial charge >= 0.3 is 0 Å². The lowest BCUT2D eigenvalue weighted by Crippen LogP contribution is -1.95. The molecule has 0 saturated carbocycles. The summed E-state index contributed by atoms with van der Waals surface area (Å²) in [6.07, 6.45) is 4.31. The van der Waals surface area contributed by atoms with Gasteiger partial charge in [0.1, 0.15) is 5.69 Å². The number of hydrogen-bond donors (Lipinski definition) is 1. The zero-order valence-electron chi connectivity index (χ0n) is 9.51. The number of H-pyrrole nitrogens is 1. The molecule has 0 fully saturated rings. The first-order valence-electron chi connectivity index (χ1n) is 5.31. The molecule has 0 amide bonds. The number of hydrogen-bond acceptors (Lipinski definition) is 4. The molecule has 0 aliphatic rings. The molecule has 1 N–H and O–H groups in total. The van der Waals surface area contributed by atoms with E-state index in [2.05, 4.69) is 20.2 Å². The Hall–Kier alpha value is -2.50. The quantitative estimate of drug-likeness (QED) is 0.752. The molecule has 0 atom stereocenters. The fraction of sp³-hybridized carbons (Fsp3) is 0.0833. The molecule has 6 heteroatoms. The van der Waals surface area contributed by atoms with Crippen LogP contribution in [0.5, 0.6) is 0 Å². The van der Waals surface area contributed by atoms with E-state index in [9.17, 15) is 4.39 Å². The topological polar surface area (TPSA) is 67.6 Å². The summed E-state index contributed by atoms with van der Waals surface area (Å²) in [5, 5.41) is 6.95. The predicted molar refractivity (Wildman–Crippen MR) is 62.0 cm³/mol. The van der Waals surface area contributed by atoms with Gasteiger partial charge in [0.05, 0.1) is 30.1 Å². The first-order valence-corrected chi connectivity index (χ1v) is 5.31. The molecule has 0 aromatic carbocycles. The van der Waals surface area contributed by atoms with Crippen molar-refractivity contribution in [1.82, 2.24) is 20.2 Å². The minimum atomic E-state index is -0.423. The lowest BCUT2D eigenvalue weighted by atomic mass is 10.2. The number of halogens is 1. The summed E-state index contributed by atoms with van der Waals surface area (Å²) in [4.78, 5) is 7.98. The largest absolute Gasteiger partial charge is 0.472 e. The van der Waals surface area contributed by atoms with Crippen LogP contribution in [0.3, 0.4) is 0 Å². The van der Waals surface area contributed by atoms with Crippen molar-refractivity contribution in [1.29, 1.82) is 0 Å². The van der Waals surface area contributed by atoms with E-state index >= 15 is 0 Å². The van der Waals surface area contributed by atoms with Crippen molar-refractivity contribution in [3.63, 3.8) is 0 Å². The van der Waals surface area contributed by atoms with Gasteiger partial charge in [-0.2, -0.15) is 5.10 Å². The third-order valence-corrected chi connectivity index (χ3v) is 2.56. The van der Waals surface area contributed by atoms with Crippen LogP contribution in [0.4, 0.5) is 4.39 Å². The number of nitrogens with one attached hydrogen (secondary N) is 1. The molecule has 3 aromatic rings. The molecule has 5 nitrogen and oxygen atoms in total. The highest BCUT2D eigenvalue weighted by molar-refractivity contribution is 5.63. The molecule has 0 radical (unpaired) electrons. The first kappa shape index (κ1) is 10.6. The summed E-state index contributed by atoms with van der Waals surface area (Å²) in [7, 11) is 0. The number of aryl methyl sites for hydroxylation is 1. The summed E-state index contributed by atoms with van der Waals surface area (Å²) >= 11 is 0. The van der Waals surface area contributed by atoms with Gasteiger partial charge in [0.15, 0.2) is 11.6 Å². The molecular weight excluding hydrogens is 235 g/mol. The normalized spacial score (nSPS) is 10.8. The summed E-state index contributed by atoms with van der Waals surface area (Å²) in [5.74, 6) is -0.00975. The Morgan fingerprint density at radius 1 is 1.39 bits per heavy atom. The van der Waals surface area contributed by atoms with Crippen molar-refractivity contribution in [2.45, 2.75) is 6.92 Å². The van der Waals surface area contributed by atoms with Gasteiger partial charge in [0.2, 0.25) is 0 Å². The van der Waals surface area contributed by atoms with Crippen LogP contribution in [0.2, 0.25) is 0 Å². The highest BCUT2D eigenvalue weighted by Gasteiger charge is 2.10. The maximum absolute atomic E-state index is 13.1. The first-order chi connectivity index (χ1) is 8.74. The third kappa shape index (κ3) is 1.77. The Morgan fingerprint density at radius 2 is 2.28 bits per heavy atom. The van der Waals surface area contributed by atoms with E-state index < -0.39 is 5.82 Å². The number of rotatable bonds is 2. The molecule has 0 bridgehead atoms. The fourth-order valence-corrected chi connectivity index (χ4v) is 1.58. The highest BCUT2D eigenvalue weighted by atomic mass is 19.1. The van der Waals surface area contributed by atoms with E-state index in [0.29, 0.717) is 17.2 Å². The van der Waals surface area contributed by atoms with Crippen molar-refractivity contribution >= 4 is 0 Å². The Kier molecular flexibility index (Phi) is 2.40. The zero-order chi connectivity index (χ0) is 12.5. The van der Waals surface area contributed by atoms with Gasteiger partial charge in [-0.3, -0.25) is 5.10 Å². The number of aromatic amines is 1. The van der Waals surface area contributed by atoms with Gasteiger partial charge in [-0.05, 0) is 19.1 Å². The van der Waals surface area contributed by atoms with Gasteiger partial charge in [-0.25, -0.2) is 14.4 Å². The molecule has 3 rings (SSSR count). The van der Waals surface area contributed by atoms with Gasteiger partial charge in [0.25, 0.3) is 0 Å². The summed E-state index contributed by atoms with van der Waals surface area (Å²) < 4.78 is 18.1. The van der Waals surface area contributed by atoms with Crippen LogP contribution in [0.25, 0.3) is 22.8 Å². The Morgan fingerprint density at radius 3 is 3.00 bits per heavy atom. The van der Waals surface area contributed by atoms with Crippen molar-refractivity contribution < 1.29 is 8.81 Å². The summed E-state index contributed by atoms with van der Waals surface area (Å²) in [6.45, 7) is 1.59. The minimum absolute atomic E-state index is 0.305. The van der Waals surface area contributed by atoms with Gasteiger partial charge in [0, 0.05) is 5.56 Å². The van der Waals surface area contributed by atoms with E-state index in [0.717, 1.165) is 17.5 Å². The van der Waals surface area contributed by atoms with E-state index in [1.807, 2.05) is 0 Å². The van der Waals surface area contributed by atoms with Gasteiger partial charge in [-0.15, -0.1) is 0 Å². The number of aromatic nitrogens is 4. The van der Waals surface area contributed by atoms with E-state index in [1.54, 1.807) is 31.6 Å². The molecule has 0 aliphatic heterocycles. The molecule has 3 aromatic heterocycles. The van der Waals surface area contributed by atoms with Crippen LogP contribution in [-0.2, 0) is 0 Å². The average molecular weight is 244 g/mol. The monoisotopic (exact) mass is 244 g/mol. The lowest BCUT2D eigenvalue weighted by molar-refractivity contribution is 0.568. The Bertz CT molecular complexity index is 675. The van der Waals surface area contributed by atoms with Gasteiger partial charge in [-0.1, -0.05) is 0 Å². The van der Waals surface area contributed by atoms with Gasteiger partial charge < -0.3 is 4.42 Å². The number of furan rings is 1. The maximum atomic E-state index is 13.1. The molecule has 0 spiro atoms. The SMILES string of the molecule is Cc1nc(-c2cc(-c3ccoc3)n[nH]2)ncc1F. The minimum Gasteiger partial charge on any atom is -0.472 e. The fourth-order valence-electron chi connectivity index (χ4n) is 1.58. The molecule has 0 saturated heterocycles. The standard InChI is InChI=1S/C12H9FN4O/c1-7-9(13)5-14-12(15-7)11-4-10(16-17-11)8-2-3-18-6-8/h2-6H,1H3,(H,16,17).